The van der Waals surface area contributed by atoms with Gasteiger partial charge in [0.15, 0.2) is 0 Å². The average molecular weight is 1280 g/mol. The van der Waals surface area contributed by atoms with Crippen LogP contribution in [-0.4, -0.2) is 157 Å². The number of imide groups is 1. The Morgan fingerprint density at radius 1 is 0.846 bits per heavy atom. The number of likely N-dealkylation sites (tertiary alicyclic amines) is 2. The number of anilines is 2. The highest BCUT2D eigenvalue weighted by atomic mass is 35.5. The second-order valence-corrected chi connectivity index (χ2v) is 28.1. The van der Waals surface area contributed by atoms with Crippen LogP contribution in [0.3, 0.4) is 0 Å². The maximum atomic E-state index is 14.2. The number of ether oxygens (including phenoxy) is 2. The predicted octanol–water partition coefficient (Wildman–Crippen LogP) is 10.4. The molecule has 0 bridgehead atoms. The number of aromatic nitrogens is 2. The fourth-order valence-electron chi connectivity index (χ4n) is 14.0. The third kappa shape index (κ3) is 14.9. The zero-order chi connectivity index (χ0) is 63.4. The van der Waals surface area contributed by atoms with Gasteiger partial charge >= 0.3 is 0 Å². The van der Waals surface area contributed by atoms with Gasteiger partial charge in [-0.15, -0.1) is 0 Å². The van der Waals surface area contributed by atoms with Crippen LogP contribution in [0, 0.1) is 21.4 Å². The summed E-state index contributed by atoms with van der Waals surface area (Å²) in [5, 5.41) is 19.7. The number of halogens is 1. The Hall–Kier alpha value is -7.89. The number of nitro benzene ring substituents is 1. The number of hydrogen-bond donors (Lipinski definition) is 4. The second-order valence-electron chi connectivity index (χ2n) is 26.0. The molecule has 480 valence electrons. The molecule has 4 fully saturated rings. The first kappa shape index (κ1) is 63.3. The van der Waals surface area contributed by atoms with Crippen LogP contribution < -0.4 is 29.7 Å². The lowest BCUT2D eigenvalue weighted by atomic mass is 9.72. The molecule has 2 aromatic heterocycles. The van der Waals surface area contributed by atoms with Crippen LogP contribution in [0.2, 0.25) is 5.02 Å². The largest absolute Gasteiger partial charge is 0.493 e. The molecule has 0 saturated carbocycles. The van der Waals surface area contributed by atoms with Crippen LogP contribution in [0.4, 0.5) is 17.1 Å². The molecular formula is C68H80ClN11O10S. The van der Waals surface area contributed by atoms with E-state index in [1.165, 1.54) is 35.0 Å². The van der Waals surface area contributed by atoms with Crippen molar-refractivity contribution in [2.24, 2.45) is 11.3 Å². The summed E-state index contributed by atoms with van der Waals surface area (Å²) in [5.41, 5.74) is 6.83. The van der Waals surface area contributed by atoms with Gasteiger partial charge in [-0.25, -0.2) is 18.1 Å². The average Bonchev–Trinajstić information content (AvgIpc) is 1.77. The first-order valence-corrected chi connectivity index (χ1v) is 33.9. The highest BCUT2D eigenvalue weighted by molar-refractivity contribution is 7.90. The Kier molecular flexibility index (Phi) is 19.1. The van der Waals surface area contributed by atoms with E-state index in [1.807, 2.05) is 24.3 Å². The second kappa shape index (κ2) is 27.5. The van der Waals surface area contributed by atoms with Crippen molar-refractivity contribution in [3.63, 3.8) is 0 Å². The maximum absolute atomic E-state index is 14.2. The number of nitrogens with zero attached hydrogens (tertiary/aromatic N) is 7. The lowest BCUT2D eigenvalue weighted by Gasteiger charge is -2.42. The quantitative estimate of drug-likeness (QED) is 0.0214. The zero-order valence-electron chi connectivity index (χ0n) is 51.7. The number of pyridine rings is 1. The van der Waals surface area contributed by atoms with Gasteiger partial charge in [0.2, 0.25) is 11.8 Å². The lowest BCUT2D eigenvalue weighted by Crippen LogP contribution is -2.52. The smallest absolute Gasteiger partial charge is 0.293 e. The van der Waals surface area contributed by atoms with Crippen molar-refractivity contribution in [3.8, 4) is 17.2 Å². The summed E-state index contributed by atoms with van der Waals surface area (Å²) in [6.07, 6.45) is 14.0. The number of hydrogen-bond acceptors (Lipinski definition) is 16. The molecular weight excluding hydrogens is 1200 g/mol. The fourth-order valence-corrected chi connectivity index (χ4v) is 15.1. The number of rotatable bonds is 22. The molecule has 6 aliphatic rings. The van der Waals surface area contributed by atoms with E-state index in [2.05, 4.69) is 70.9 Å². The van der Waals surface area contributed by atoms with Crippen molar-refractivity contribution in [2.45, 2.75) is 114 Å². The molecule has 1 aliphatic carbocycles. The van der Waals surface area contributed by atoms with Crippen molar-refractivity contribution in [1.29, 1.82) is 0 Å². The number of nitrogens with one attached hydrogen (secondary N) is 4. The molecule has 12 rings (SSSR count). The molecule has 1 atom stereocenters. The van der Waals surface area contributed by atoms with E-state index in [4.69, 9.17) is 21.1 Å². The monoisotopic (exact) mass is 1280 g/mol. The van der Waals surface area contributed by atoms with Crippen molar-refractivity contribution >= 4 is 78.9 Å². The standard InChI is InChI=1S/C68H80ClN11O10S/c1-68(2)25-19-48(56(40-68)46-9-11-49(69)12-10-46)43-76-32-34-78(35-33-76)51-13-15-55(62(38-51)90-52-37-47-20-26-70-64(47)72-42-52)65(82)74-91(87,88)53-14-16-58(60(39-53)80(85)86)71-41-45-21-30-77(31-22-45)50-23-28-75(29-24-50)27-4-3-5-36-89-61-8-6-7-54-57(61)44-79(67(54)84)59-17-18-63(81)73-66(59)83/h6-16,20,26,37-39,42,45,50,59,71H,3-5,17-19,21-25,27-36,40-41,43-44H2,1-2H3,(H,70,72)(H,74,82)(H,73,81,83). The van der Waals surface area contributed by atoms with Gasteiger partial charge in [0.25, 0.3) is 27.5 Å². The summed E-state index contributed by atoms with van der Waals surface area (Å²) in [7, 11) is -4.62. The van der Waals surface area contributed by atoms with E-state index in [1.54, 1.807) is 47.5 Å². The number of piperidine rings is 3. The Morgan fingerprint density at radius 3 is 2.41 bits per heavy atom. The van der Waals surface area contributed by atoms with Gasteiger partial charge in [0.05, 0.1) is 34.7 Å². The molecule has 91 heavy (non-hydrogen) atoms. The van der Waals surface area contributed by atoms with Crippen LogP contribution in [0.5, 0.6) is 17.2 Å². The molecule has 5 aliphatic heterocycles. The van der Waals surface area contributed by atoms with Crippen LogP contribution in [0.1, 0.15) is 123 Å². The molecule has 4 N–H and O–H groups in total. The number of allylic oxidation sites excluding steroid dienone is 1. The van der Waals surface area contributed by atoms with E-state index in [-0.39, 0.29) is 53.1 Å². The van der Waals surface area contributed by atoms with Crippen LogP contribution >= 0.6 is 11.6 Å². The number of aromatic amines is 1. The van der Waals surface area contributed by atoms with Gasteiger partial charge in [-0.05, 0) is 186 Å². The number of unbranched alkanes of at least 4 members (excludes halogenated alkanes) is 2. The first-order valence-electron chi connectivity index (χ1n) is 32.0. The maximum Gasteiger partial charge on any atom is 0.293 e. The van der Waals surface area contributed by atoms with Crippen LogP contribution in [-0.2, 0) is 26.2 Å². The topological polar surface area (TPSA) is 245 Å². The number of benzene rings is 4. The Morgan fingerprint density at radius 2 is 1.64 bits per heavy atom. The fraction of sp³-hybridized carbons (Fsp3) is 0.456. The minimum absolute atomic E-state index is 0.0450. The van der Waals surface area contributed by atoms with E-state index in [0.717, 1.165) is 144 Å². The number of carbonyl (C=O) groups is 4. The normalized spacial score (nSPS) is 19.8. The summed E-state index contributed by atoms with van der Waals surface area (Å²) in [6, 6.07) is 25.8. The molecule has 23 heteroatoms. The number of nitro groups is 1. The van der Waals surface area contributed by atoms with E-state index in [0.29, 0.717) is 61.4 Å². The molecule has 6 aromatic rings. The van der Waals surface area contributed by atoms with Crippen molar-refractivity contribution < 1.29 is 42.0 Å². The Labute approximate surface area is 536 Å². The van der Waals surface area contributed by atoms with Gasteiger partial charge in [-0.1, -0.05) is 49.2 Å². The van der Waals surface area contributed by atoms with E-state index < -0.39 is 43.4 Å². The number of piperazine rings is 1. The minimum Gasteiger partial charge on any atom is -0.493 e. The molecule has 4 amide bonds. The third-order valence-electron chi connectivity index (χ3n) is 19.3. The van der Waals surface area contributed by atoms with Gasteiger partial charge in [-0.2, -0.15) is 0 Å². The summed E-state index contributed by atoms with van der Waals surface area (Å²) >= 11 is 6.28. The number of H-pyrrole nitrogens is 1. The Bertz CT molecular complexity index is 3850. The molecule has 7 heterocycles. The highest BCUT2D eigenvalue weighted by Gasteiger charge is 2.41. The lowest BCUT2D eigenvalue weighted by molar-refractivity contribution is -0.384. The van der Waals surface area contributed by atoms with Crippen LogP contribution in [0.15, 0.2) is 114 Å². The number of carbonyl (C=O) groups excluding carboxylic acids is 4. The van der Waals surface area contributed by atoms with Gasteiger partial charge in [0.1, 0.15) is 34.6 Å². The minimum atomic E-state index is -4.62. The molecule has 1 unspecified atom stereocenters. The number of sulfonamides is 1. The van der Waals surface area contributed by atoms with Gasteiger partial charge < -0.3 is 39.4 Å². The van der Waals surface area contributed by atoms with E-state index >= 15 is 0 Å². The van der Waals surface area contributed by atoms with Crippen molar-refractivity contribution in [3.05, 3.63) is 146 Å². The summed E-state index contributed by atoms with van der Waals surface area (Å²) in [5.74, 6) is -0.520. The first-order chi connectivity index (χ1) is 43.9. The summed E-state index contributed by atoms with van der Waals surface area (Å²) < 4.78 is 42.8. The van der Waals surface area contributed by atoms with Crippen molar-refractivity contribution in [1.82, 2.24) is 39.6 Å². The van der Waals surface area contributed by atoms with E-state index in [9.17, 15) is 37.7 Å². The van der Waals surface area contributed by atoms with Crippen LogP contribution in [0.25, 0.3) is 16.6 Å². The molecule has 4 aromatic carbocycles. The predicted molar refractivity (Wildman–Crippen MR) is 349 cm³/mol. The molecule has 0 spiro atoms. The van der Waals surface area contributed by atoms with Gasteiger partial charge in [-0.3, -0.25) is 39.5 Å². The SMILES string of the molecule is CC1(C)CCC(CN2CCN(c3ccc(C(=O)NS(=O)(=O)c4ccc(NCC5CCN(C6CCN(CCCCCOc7cccc8c7CN(C7CCC(=O)NC7=O)C8=O)CC6)CC5)c([N+](=O)[O-])c4)c(Oc4cnc5[nH]ccc5c4)c3)CC2)=C(c2ccc(Cl)cc2)C1. The summed E-state index contributed by atoms with van der Waals surface area (Å²) in [4.78, 5) is 82.0. The summed E-state index contributed by atoms with van der Waals surface area (Å²) in [6.45, 7) is 14.8. The zero-order valence-corrected chi connectivity index (χ0v) is 53.3. The van der Waals surface area contributed by atoms with Gasteiger partial charge in [0, 0.05) is 97.3 Å². The Balaban J connectivity index is 0.603. The molecule has 0 radical (unpaired) electrons. The molecule has 21 nitrogen and oxygen atoms in total. The van der Waals surface area contributed by atoms with Crippen molar-refractivity contribution in [2.75, 3.05) is 88.8 Å². The third-order valence-corrected chi connectivity index (χ3v) is 20.8. The number of amides is 4. The number of fused-ring (bicyclic) bond motifs is 2. The molecule has 4 saturated heterocycles. The highest BCUT2D eigenvalue weighted by Crippen LogP contribution is 2.44.